The first-order valence-corrected chi connectivity index (χ1v) is 15.3. The highest BCUT2D eigenvalue weighted by Gasteiger charge is 2.74. The molecule has 41 heavy (non-hydrogen) atoms. The number of hydrogen-bond acceptors (Lipinski definition) is 7. The molecule has 6 rings (SSSR count). The van der Waals surface area contributed by atoms with Gasteiger partial charge in [-0.3, -0.25) is 14.4 Å². The number of carbonyl (C=O) groups is 3. The predicted molar refractivity (Wildman–Crippen MR) is 155 cm³/mol. The second kappa shape index (κ2) is 11.1. The van der Waals surface area contributed by atoms with Crippen LogP contribution in [0.2, 0.25) is 0 Å². The molecular weight excluding hydrogens is 540 g/mol. The number of carbonyl (C=O) groups excluding carboxylic acids is 3. The number of amides is 3. The molecule has 3 saturated heterocycles. The van der Waals surface area contributed by atoms with Crippen molar-refractivity contribution < 1.29 is 19.5 Å². The lowest BCUT2D eigenvalue weighted by atomic mass is 9.70. The first-order chi connectivity index (χ1) is 19.9. The maximum Gasteiger partial charge on any atom is 0.245 e. The number of aromatic nitrogens is 3. The molecule has 3 aliphatic rings. The number of nitrogens with one attached hydrogen (secondary N) is 2. The molecule has 4 heterocycles. The van der Waals surface area contributed by atoms with Gasteiger partial charge in [0.05, 0.1) is 34.7 Å². The Labute approximate surface area is 243 Å². The largest absolute Gasteiger partial charge is 0.394 e. The molecule has 10 nitrogen and oxygen atoms in total. The molecule has 2 unspecified atom stereocenters. The summed E-state index contributed by atoms with van der Waals surface area (Å²) in [4.78, 5) is 43.7. The summed E-state index contributed by atoms with van der Waals surface area (Å²) in [5.41, 5.74) is 2.51. The summed E-state index contributed by atoms with van der Waals surface area (Å²) in [6.45, 7) is 4.23. The Morgan fingerprint density at radius 3 is 2.63 bits per heavy atom. The van der Waals surface area contributed by atoms with Crippen molar-refractivity contribution in [2.75, 3.05) is 6.61 Å². The van der Waals surface area contributed by atoms with Crippen LogP contribution in [-0.2, 0) is 27.6 Å². The number of hydrogen-bond donors (Lipinski definition) is 3. The Kier molecular flexibility index (Phi) is 7.50. The van der Waals surface area contributed by atoms with E-state index >= 15 is 0 Å². The van der Waals surface area contributed by atoms with Crippen LogP contribution >= 0.6 is 11.8 Å². The van der Waals surface area contributed by atoms with Gasteiger partial charge in [-0.15, -0.1) is 16.9 Å². The van der Waals surface area contributed by atoms with Gasteiger partial charge in [0.2, 0.25) is 17.7 Å². The van der Waals surface area contributed by atoms with Gasteiger partial charge in [0.15, 0.2) is 0 Å². The normalized spacial score (nSPS) is 28.1. The molecule has 2 aromatic carbocycles. The molecule has 1 aromatic heterocycles. The number of rotatable bonds is 10. The molecule has 3 amide bonds. The Morgan fingerprint density at radius 1 is 1.12 bits per heavy atom. The van der Waals surface area contributed by atoms with Crippen LogP contribution in [-0.4, -0.2) is 71.4 Å². The maximum atomic E-state index is 14.3. The lowest BCUT2D eigenvalue weighted by Crippen LogP contribution is -2.58. The monoisotopic (exact) mass is 576 g/mol. The highest BCUT2D eigenvalue weighted by molar-refractivity contribution is 8.02. The van der Waals surface area contributed by atoms with Crippen molar-refractivity contribution >= 4 is 40.5 Å². The van der Waals surface area contributed by atoms with E-state index in [9.17, 15) is 19.5 Å². The third-order valence-corrected chi connectivity index (χ3v) is 11.2. The van der Waals surface area contributed by atoms with Gasteiger partial charge in [0, 0.05) is 11.8 Å². The van der Waals surface area contributed by atoms with E-state index in [-0.39, 0.29) is 42.2 Å². The molecule has 0 radical (unpaired) electrons. The molecule has 11 heteroatoms. The van der Waals surface area contributed by atoms with E-state index in [0.717, 1.165) is 29.4 Å². The number of aliphatic hydroxyl groups is 1. The van der Waals surface area contributed by atoms with Crippen LogP contribution in [0.15, 0.2) is 54.6 Å². The molecule has 3 aromatic rings. The third-order valence-electron chi connectivity index (χ3n) is 9.27. The first-order valence-electron chi connectivity index (χ1n) is 14.4. The number of para-hydroxylation sites is 1. The van der Waals surface area contributed by atoms with Crippen molar-refractivity contribution in [2.45, 2.75) is 68.4 Å². The fourth-order valence-electron chi connectivity index (χ4n) is 7.05. The minimum absolute atomic E-state index is 0.0266. The highest BCUT2D eigenvalue weighted by Crippen LogP contribution is 2.66. The average molecular weight is 577 g/mol. The Bertz CT molecular complexity index is 1450. The summed E-state index contributed by atoms with van der Waals surface area (Å²) < 4.78 is 0.896. The summed E-state index contributed by atoms with van der Waals surface area (Å²) in [5.74, 6) is -1.82. The summed E-state index contributed by atoms with van der Waals surface area (Å²) in [6, 6.07) is 15.9. The van der Waals surface area contributed by atoms with Crippen molar-refractivity contribution in [1.29, 1.82) is 0 Å². The van der Waals surface area contributed by atoms with Crippen molar-refractivity contribution in [2.24, 2.45) is 17.8 Å². The number of nitrogens with zero attached hydrogens (tertiary/aromatic N) is 4. The summed E-state index contributed by atoms with van der Waals surface area (Å²) in [7, 11) is 0. The van der Waals surface area contributed by atoms with Crippen LogP contribution in [0.3, 0.4) is 0 Å². The molecular formula is C30H36N6O4S. The number of aliphatic hydroxyl groups excluding tert-OH is 1. The van der Waals surface area contributed by atoms with Gasteiger partial charge >= 0.3 is 0 Å². The van der Waals surface area contributed by atoms with Crippen molar-refractivity contribution in [3.8, 4) is 0 Å². The number of fused-ring (bicyclic) bond motifs is 2. The summed E-state index contributed by atoms with van der Waals surface area (Å²) >= 11 is 1.62. The molecule has 1 spiro atoms. The molecule has 3 fully saturated rings. The second-order valence-corrected chi connectivity index (χ2v) is 13.0. The average Bonchev–Trinajstić information content (AvgIpc) is 3.75. The topological polar surface area (TPSA) is 129 Å². The Hall–Kier alpha value is -3.44. The van der Waals surface area contributed by atoms with E-state index in [1.54, 1.807) is 21.3 Å². The Balaban J connectivity index is 1.29. The number of benzene rings is 2. The lowest BCUT2D eigenvalue weighted by Gasteiger charge is -2.39. The molecule has 2 bridgehead atoms. The van der Waals surface area contributed by atoms with E-state index in [1.807, 2.05) is 68.4 Å². The van der Waals surface area contributed by atoms with E-state index in [0.29, 0.717) is 13.0 Å². The SMILES string of the molecule is CC[C@H](C)[C@H](CO)N1C(=O)[C@@H]2[C@@H](C(=O)NCc3ccccc3)[C@H]3CCC2(S3)C1C(=O)NCn1nnc2ccccc21. The second-order valence-electron chi connectivity index (χ2n) is 11.4. The molecule has 0 saturated carbocycles. The summed E-state index contributed by atoms with van der Waals surface area (Å²) in [5, 5.41) is 24.9. The van der Waals surface area contributed by atoms with Crippen molar-refractivity contribution in [3.05, 3.63) is 60.2 Å². The maximum absolute atomic E-state index is 14.3. The zero-order chi connectivity index (χ0) is 28.7. The molecule has 0 aliphatic carbocycles. The fourth-order valence-corrected chi connectivity index (χ4v) is 9.25. The lowest BCUT2D eigenvalue weighted by molar-refractivity contribution is -0.144. The van der Waals surface area contributed by atoms with E-state index < -0.39 is 28.7 Å². The van der Waals surface area contributed by atoms with Crippen molar-refractivity contribution in [1.82, 2.24) is 30.5 Å². The number of likely N-dealkylation sites (tertiary alicyclic amines) is 1. The summed E-state index contributed by atoms with van der Waals surface area (Å²) in [6.07, 6.45) is 2.17. The van der Waals surface area contributed by atoms with Gasteiger partial charge in [-0.1, -0.05) is 67.9 Å². The first kappa shape index (κ1) is 27.7. The quantitative estimate of drug-likeness (QED) is 0.338. The van der Waals surface area contributed by atoms with Gasteiger partial charge in [0.25, 0.3) is 0 Å². The molecule has 216 valence electrons. The molecule has 3 N–H and O–H groups in total. The highest BCUT2D eigenvalue weighted by atomic mass is 32.2. The van der Waals surface area contributed by atoms with Crippen LogP contribution in [0.4, 0.5) is 0 Å². The van der Waals surface area contributed by atoms with Crippen LogP contribution < -0.4 is 10.6 Å². The van der Waals surface area contributed by atoms with Crippen LogP contribution in [0.5, 0.6) is 0 Å². The van der Waals surface area contributed by atoms with Crippen LogP contribution in [0.1, 0.15) is 38.7 Å². The van der Waals surface area contributed by atoms with Crippen LogP contribution in [0.25, 0.3) is 11.0 Å². The van der Waals surface area contributed by atoms with E-state index in [4.69, 9.17) is 0 Å². The van der Waals surface area contributed by atoms with Crippen LogP contribution in [0, 0.1) is 17.8 Å². The van der Waals surface area contributed by atoms with E-state index in [1.165, 1.54) is 0 Å². The number of thioether (sulfide) groups is 1. The fraction of sp³-hybridized carbons (Fsp3) is 0.500. The smallest absolute Gasteiger partial charge is 0.245 e. The van der Waals surface area contributed by atoms with Gasteiger partial charge < -0.3 is 20.6 Å². The van der Waals surface area contributed by atoms with Gasteiger partial charge in [-0.25, -0.2) is 4.68 Å². The standard InChI is InChI=1S/C30H36N6O4S/c1-3-18(2)22(16-37)36-26(28(39)32-17-35-21-12-8-7-11-20(21)33-34-35)30-14-13-23(41-30)24(25(30)29(36)40)27(38)31-15-19-9-5-4-6-10-19/h4-12,18,22-26,37H,3,13-17H2,1-2H3,(H,31,38)(H,32,39)/t18-,22-,23+,24-,25-,26?,30?/m0/s1. The molecule has 3 aliphatic heterocycles. The van der Waals surface area contributed by atoms with E-state index in [2.05, 4.69) is 20.9 Å². The van der Waals surface area contributed by atoms with Gasteiger partial charge in [0.1, 0.15) is 18.2 Å². The van der Waals surface area contributed by atoms with Gasteiger partial charge in [-0.2, -0.15) is 0 Å². The predicted octanol–water partition coefficient (Wildman–Crippen LogP) is 2.32. The molecule has 7 atom stereocenters. The minimum atomic E-state index is -0.803. The zero-order valence-corrected chi connectivity index (χ0v) is 24.1. The zero-order valence-electron chi connectivity index (χ0n) is 23.3. The minimum Gasteiger partial charge on any atom is -0.394 e. The Morgan fingerprint density at radius 2 is 1.88 bits per heavy atom. The van der Waals surface area contributed by atoms with Crippen molar-refractivity contribution in [3.63, 3.8) is 0 Å². The van der Waals surface area contributed by atoms with Gasteiger partial charge in [-0.05, 0) is 36.5 Å². The third kappa shape index (κ3) is 4.59.